The Labute approximate surface area is 371 Å². The standard InChI is InChI=1S/C62H40N2/c1-3-19-43(20-4-1)60-54-27-12-11-25-50(54)51-38-36-47(40-56(51)61(60)44-21-5-2-6-22-44)63(57-31-15-28-49-48-24-10-9-18-42(48)34-37-53(49)57)59-32-16-29-55-52-26-13-14-30-58(52)64(62(55)59)46-35-33-41-17-7-8-23-45(41)39-46/h1-40H. The van der Waals surface area contributed by atoms with Gasteiger partial charge in [0, 0.05) is 27.5 Å². The molecule has 0 saturated heterocycles. The Hall–Kier alpha value is -8.46. The number of para-hydroxylation sites is 2. The molecule has 2 nitrogen and oxygen atoms in total. The van der Waals surface area contributed by atoms with Crippen LogP contribution in [0.4, 0.5) is 17.1 Å². The lowest BCUT2D eigenvalue weighted by Crippen LogP contribution is -2.12. The number of hydrogen-bond acceptors (Lipinski definition) is 1. The highest BCUT2D eigenvalue weighted by Gasteiger charge is 2.25. The summed E-state index contributed by atoms with van der Waals surface area (Å²) in [5, 5.41) is 14.7. The summed E-state index contributed by atoms with van der Waals surface area (Å²) in [5.74, 6) is 0. The fourth-order valence-corrected chi connectivity index (χ4v) is 10.5. The van der Waals surface area contributed by atoms with Crippen LogP contribution in [0.1, 0.15) is 0 Å². The second-order valence-corrected chi connectivity index (χ2v) is 16.8. The molecule has 64 heavy (non-hydrogen) atoms. The Morgan fingerprint density at radius 3 is 1.59 bits per heavy atom. The van der Waals surface area contributed by atoms with E-state index in [1.807, 2.05) is 0 Å². The molecule has 0 amide bonds. The highest BCUT2D eigenvalue weighted by Crippen LogP contribution is 2.50. The smallest absolute Gasteiger partial charge is 0.0782 e. The van der Waals surface area contributed by atoms with Gasteiger partial charge in [-0.1, -0.05) is 200 Å². The molecular formula is C62H40N2. The van der Waals surface area contributed by atoms with Crippen LogP contribution in [0.5, 0.6) is 0 Å². The Morgan fingerprint density at radius 2 is 0.812 bits per heavy atom. The predicted octanol–water partition coefficient (Wildman–Crippen LogP) is 17.4. The SMILES string of the molecule is c1ccc(-c2c(-c3ccccc3)c3cc(N(c4cccc5c4ccc4ccccc45)c4cccc5c6ccccc6n(-c6ccc7ccccc7c6)c45)ccc3c3ccccc23)cc1. The van der Waals surface area contributed by atoms with Gasteiger partial charge in [0.1, 0.15) is 0 Å². The molecule has 0 unspecified atom stereocenters. The molecule has 12 aromatic carbocycles. The van der Waals surface area contributed by atoms with Crippen LogP contribution in [0, 0.1) is 0 Å². The van der Waals surface area contributed by atoms with Crippen molar-refractivity contribution in [2.75, 3.05) is 4.90 Å². The second-order valence-electron chi connectivity index (χ2n) is 16.8. The molecule has 0 aliphatic carbocycles. The molecule has 13 rings (SSSR count). The molecule has 0 bridgehead atoms. The maximum Gasteiger partial charge on any atom is 0.0782 e. The summed E-state index contributed by atoms with van der Waals surface area (Å²) < 4.78 is 2.48. The summed E-state index contributed by atoms with van der Waals surface area (Å²) in [6.07, 6.45) is 0. The quantitative estimate of drug-likeness (QED) is 0.152. The number of aromatic nitrogens is 1. The Kier molecular flexibility index (Phi) is 8.25. The van der Waals surface area contributed by atoms with Gasteiger partial charge in [0.15, 0.2) is 0 Å². The van der Waals surface area contributed by atoms with E-state index in [-0.39, 0.29) is 0 Å². The minimum atomic E-state index is 1.09. The van der Waals surface area contributed by atoms with Crippen molar-refractivity contribution in [3.05, 3.63) is 243 Å². The van der Waals surface area contributed by atoms with E-state index >= 15 is 0 Å². The van der Waals surface area contributed by atoms with E-state index < -0.39 is 0 Å². The summed E-state index contributed by atoms with van der Waals surface area (Å²) >= 11 is 0. The molecule has 0 aliphatic heterocycles. The molecule has 298 valence electrons. The first-order valence-corrected chi connectivity index (χ1v) is 22.1. The highest BCUT2D eigenvalue weighted by atomic mass is 15.2. The van der Waals surface area contributed by atoms with Crippen molar-refractivity contribution in [2.24, 2.45) is 0 Å². The third-order valence-corrected chi connectivity index (χ3v) is 13.3. The maximum absolute atomic E-state index is 2.53. The number of fused-ring (bicyclic) bond motifs is 10. The van der Waals surface area contributed by atoms with Gasteiger partial charge in [0.05, 0.1) is 22.4 Å². The van der Waals surface area contributed by atoms with Gasteiger partial charge in [-0.15, -0.1) is 0 Å². The van der Waals surface area contributed by atoms with Crippen LogP contribution in [0.3, 0.4) is 0 Å². The Balaban J connectivity index is 1.18. The topological polar surface area (TPSA) is 8.17 Å². The zero-order chi connectivity index (χ0) is 42.1. The van der Waals surface area contributed by atoms with E-state index in [0.29, 0.717) is 0 Å². The molecule has 0 saturated carbocycles. The zero-order valence-corrected chi connectivity index (χ0v) is 35.0. The molecule has 0 spiro atoms. The molecule has 0 aliphatic rings. The van der Waals surface area contributed by atoms with E-state index in [2.05, 4.69) is 252 Å². The minimum absolute atomic E-state index is 1.09. The Morgan fingerprint density at radius 1 is 0.281 bits per heavy atom. The molecular weight excluding hydrogens is 773 g/mol. The highest BCUT2D eigenvalue weighted by molar-refractivity contribution is 6.23. The molecule has 0 atom stereocenters. The largest absolute Gasteiger partial charge is 0.308 e. The number of rotatable bonds is 6. The van der Waals surface area contributed by atoms with Crippen LogP contribution in [-0.4, -0.2) is 4.57 Å². The molecule has 0 N–H and O–H groups in total. The van der Waals surface area contributed by atoms with Gasteiger partial charge in [-0.25, -0.2) is 0 Å². The van der Waals surface area contributed by atoms with Crippen molar-refractivity contribution in [1.29, 1.82) is 0 Å². The van der Waals surface area contributed by atoms with Crippen molar-refractivity contribution >= 4 is 92.7 Å². The lowest BCUT2D eigenvalue weighted by Gasteiger charge is -2.29. The van der Waals surface area contributed by atoms with E-state index in [4.69, 9.17) is 0 Å². The van der Waals surface area contributed by atoms with Crippen LogP contribution < -0.4 is 4.90 Å². The first kappa shape index (κ1) is 36.2. The van der Waals surface area contributed by atoms with Gasteiger partial charge >= 0.3 is 0 Å². The summed E-state index contributed by atoms with van der Waals surface area (Å²) in [6, 6.07) is 89.3. The fourth-order valence-electron chi connectivity index (χ4n) is 10.5. The summed E-state index contributed by atoms with van der Waals surface area (Å²) in [5.41, 5.74) is 11.6. The van der Waals surface area contributed by atoms with E-state index in [0.717, 1.165) is 28.3 Å². The summed E-state index contributed by atoms with van der Waals surface area (Å²) in [6.45, 7) is 0. The first-order valence-electron chi connectivity index (χ1n) is 22.1. The minimum Gasteiger partial charge on any atom is -0.308 e. The van der Waals surface area contributed by atoms with Crippen molar-refractivity contribution in [3.8, 4) is 27.9 Å². The number of hydrogen-bond donors (Lipinski definition) is 0. The first-order chi connectivity index (χ1) is 31.8. The lowest BCUT2D eigenvalue weighted by molar-refractivity contribution is 1.17. The summed E-state index contributed by atoms with van der Waals surface area (Å²) in [7, 11) is 0. The molecule has 0 radical (unpaired) electrons. The van der Waals surface area contributed by atoms with Crippen molar-refractivity contribution < 1.29 is 0 Å². The average molecular weight is 813 g/mol. The molecule has 1 heterocycles. The second kappa shape index (κ2) is 14.6. The van der Waals surface area contributed by atoms with Crippen LogP contribution in [0.25, 0.3) is 104 Å². The van der Waals surface area contributed by atoms with Gasteiger partial charge < -0.3 is 9.47 Å². The predicted molar refractivity (Wildman–Crippen MR) is 274 cm³/mol. The third kappa shape index (κ3) is 5.59. The van der Waals surface area contributed by atoms with Crippen LogP contribution in [0.2, 0.25) is 0 Å². The van der Waals surface area contributed by atoms with Gasteiger partial charge in [-0.2, -0.15) is 0 Å². The van der Waals surface area contributed by atoms with E-state index in [9.17, 15) is 0 Å². The molecule has 2 heteroatoms. The van der Waals surface area contributed by atoms with Crippen LogP contribution >= 0.6 is 0 Å². The van der Waals surface area contributed by atoms with Gasteiger partial charge in [0.2, 0.25) is 0 Å². The van der Waals surface area contributed by atoms with Gasteiger partial charge in [0.25, 0.3) is 0 Å². The number of nitrogens with zero attached hydrogens (tertiary/aromatic N) is 2. The van der Waals surface area contributed by atoms with Crippen LogP contribution in [-0.2, 0) is 0 Å². The van der Waals surface area contributed by atoms with E-state index in [1.165, 1.54) is 92.4 Å². The van der Waals surface area contributed by atoms with Crippen molar-refractivity contribution in [2.45, 2.75) is 0 Å². The lowest BCUT2D eigenvalue weighted by atomic mass is 9.85. The monoisotopic (exact) mass is 812 g/mol. The average Bonchev–Trinajstić information content (AvgIpc) is 3.71. The molecule has 1 aromatic heterocycles. The Bertz CT molecular complexity index is 3960. The fraction of sp³-hybridized carbons (Fsp3) is 0. The van der Waals surface area contributed by atoms with Gasteiger partial charge in [-0.05, 0) is 113 Å². The summed E-state index contributed by atoms with van der Waals surface area (Å²) in [4.78, 5) is 2.53. The van der Waals surface area contributed by atoms with Gasteiger partial charge in [-0.3, -0.25) is 0 Å². The van der Waals surface area contributed by atoms with Crippen molar-refractivity contribution in [1.82, 2.24) is 4.57 Å². The van der Waals surface area contributed by atoms with Crippen molar-refractivity contribution in [3.63, 3.8) is 0 Å². The number of anilines is 3. The molecule has 13 aromatic rings. The zero-order valence-electron chi connectivity index (χ0n) is 35.0. The van der Waals surface area contributed by atoms with E-state index in [1.54, 1.807) is 0 Å². The molecule has 0 fully saturated rings. The van der Waals surface area contributed by atoms with Crippen LogP contribution in [0.15, 0.2) is 243 Å². The number of benzene rings is 12. The normalized spacial score (nSPS) is 11.8. The maximum atomic E-state index is 2.53. The third-order valence-electron chi connectivity index (χ3n) is 13.3.